The zero-order chi connectivity index (χ0) is 11.1. The summed E-state index contributed by atoms with van der Waals surface area (Å²) < 4.78 is 5.84. The van der Waals surface area contributed by atoms with Gasteiger partial charge in [0.25, 0.3) is 0 Å². The summed E-state index contributed by atoms with van der Waals surface area (Å²) in [4.78, 5) is 0.655. The lowest BCUT2D eigenvalue weighted by Gasteiger charge is -2.27. The van der Waals surface area contributed by atoms with Crippen molar-refractivity contribution >= 4 is 42.6 Å². The van der Waals surface area contributed by atoms with E-state index in [9.17, 15) is 0 Å². The number of rotatable bonds is 0. The highest BCUT2D eigenvalue weighted by Gasteiger charge is 2.27. The topological polar surface area (TPSA) is 9.23 Å². The first kappa shape index (κ1) is 10.6. The number of ether oxygens (including phenoxy) is 1. The quantitative estimate of drug-likeness (QED) is 0.644. The van der Waals surface area contributed by atoms with Crippen LogP contribution in [0.4, 0.5) is 0 Å². The van der Waals surface area contributed by atoms with Gasteiger partial charge in [0.05, 0.1) is 9.65 Å². The van der Waals surface area contributed by atoms with Crippen LogP contribution in [0.3, 0.4) is 0 Å². The van der Waals surface area contributed by atoms with Gasteiger partial charge in [-0.25, -0.2) is 0 Å². The molecule has 1 nitrogen and oxygen atoms in total. The number of hydrogen-bond donors (Lipinski definition) is 0. The minimum Gasteiger partial charge on any atom is -0.491 e. The van der Waals surface area contributed by atoms with Crippen LogP contribution in [-0.2, 0) is 0 Å². The van der Waals surface area contributed by atoms with Gasteiger partial charge in [-0.2, -0.15) is 0 Å². The minimum absolute atomic E-state index is 0.320. The van der Waals surface area contributed by atoms with Crippen LogP contribution in [0, 0.1) is 0 Å². The molecule has 2 unspecified atom stereocenters. The van der Waals surface area contributed by atoms with Crippen molar-refractivity contribution in [2.45, 2.75) is 9.65 Å². The second-order valence-corrected chi connectivity index (χ2v) is 6.10. The molecule has 3 rings (SSSR count). The molecule has 1 heterocycles. The molecule has 3 heteroatoms. The lowest BCUT2D eigenvalue weighted by atomic mass is 10.0. The molecule has 0 fully saturated rings. The highest BCUT2D eigenvalue weighted by Crippen LogP contribution is 2.44. The van der Waals surface area contributed by atoms with Crippen molar-refractivity contribution in [3.05, 3.63) is 42.0 Å². The molecular weight excluding hydrogens is 332 g/mol. The predicted octanol–water partition coefficient (Wildman–Crippen LogP) is 4.43. The molecule has 0 spiro atoms. The van der Waals surface area contributed by atoms with E-state index in [0.717, 1.165) is 5.75 Å². The Morgan fingerprint density at radius 2 is 1.88 bits per heavy atom. The maximum atomic E-state index is 5.84. The lowest BCUT2D eigenvalue weighted by Crippen LogP contribution is -2.22. The molecule has 2 aromatic carbocycles. The van der Waals surface area contributed by atoms with Crippen LogP contribution in [-0.4, -0.2) is 11.4 Å². The number of halogens is 2. The number of fused-ring (bicyclic) bond motifs is 3. The molecule has 0 aromatic heterocycles. The molecule has 16 heavy (non-hydrogen) atoms. The first-order chi connectivity index (χ1) is 7.77. The van der Waals surface area contributed by atoms with Crippen LogP contribution in [0.25, 0.3) is 10.8 Å². The maximum Gasteiger partial charge on any atom is 0.131 e. The SMILES string of the molecule is BrC1COc2c(ccc3ccccc23)C1Br. The van der Waals surface area contributed by atoms with Gasteiger partial charge in [-0.15, -0.1) is 0 Å². The molecule has 82 valence electrons. The van der Waals surface area contributed by atoms with E-state index in [4.69, 9.17) is 4.74 Å². The van der Waals surface area contributed by atoms with Crippen molar-refractivity contribution in [3.8, 4) is 5.75 Å². The Hall–Kier alpha value is -0.540. The van der Waals surface area contributed by atoms with E-state index >= 15 is 0 Å². The van der Waals surface area contributed by atoms with Crippen LogP contribution in [0.2, 0.25) is 0 Å². The van der Waals surface area contributed by atoms with E-state index in [1.165, 1.54) is 16.3 Å². The second-order valence-electron chi connectivity index (χ2n) is 3.93. The van der Waals surface area contributed by atoms with Gasteiger partial charge in [0.2, 0.25) is 0 Å². The largest absolute Gasteiger partial charge is 0.491 e. The zero-order valence-electron chi connectivity index (χ0n) is 8.49. The summed E-state index contributed by atoms with van der Waals surface area (Å²) in [5, 5.41) is 2.43. The van der Waals surface area contributed by atoms with E-state index in [0.29, 0.717) is 16.3 Å². The van der Waals surface area contributed by atoms with Crippen LogP contribution >= 0.6 is 31.9 Å². The summed E-state index contributed by atoms with van der Waals surface area (Å²) in [6.07, 6.45) is 0. The van der Waals surface area contributed by atoms with Crippen molar-refractivity contribution in [2.24, 2.45) is 0 Å². The Morgan fingerprint density at radius 3 is 2.75 bits per heavy atom. The lowest BCUT2D eigenvalue weighted by molar-refractivity contribution is 0.300. The average Bonchev–Trinajstić information content (AvgIpc) is 2.33. The van der Waals surface area contributed by atoms with Crippen molar-refractivity contribution in [1.82, 2.24) is 0 Å². The van der Waals surface area contributed by atoms with Gasteiger partial charge in [0.15, 0.2) is 0 Å². The fourth-order valence-electron chi connectivity index (χ4n) is 2.08. The summed E-state index contributed by atoms with van der Waals surface area (Å²) >= 11 is 7.33. The summed E-state index contributed by atoms with van der Waals surface area (Å²) in [7, 11) is 0. The molecule has 0 aliphatic carbocycles. The Labute approximate surface area is 111 Å². The van der Waals surface area contributed by atoms with Crippen LogP contribution in [0.15, 0.2) is 36.4 Å². The van der Waals surface area contributed by atoms with Gasteiger partial charge in [-0.05, 0) is 5.39 Å². The monoisotopic (exact) mass is 340 g/mol. The molecular formula is C13H10Br2O. The molecule has 0 bridgehead atoms. The van der Waals surface area contributed by atoms with Crippen molar-refractivity contribution in [3.63, 3.8) is 0 Å². The van der Waals surface area contributed by atoms with Gasteiger partial charge >= 0.3 is 0 Å². The third-order valence-corrected chi connectivity index (χ3v) is 5.55. The first-order valence-corrected chi connectivity index (χ1v) is 7.03. The number of benzene rings is 2. The Bertz CT molecular complexity index is 538. The molecule has 0 saturated carbocycles. The number of hydrogen-bond acceptors (Lipinski definition) is 1. The van der Waals surface area contributed by atoms with Gasteiger partial charge in [0, 0.05) is 10.9 Å². The average molecular weight is 342 g/mol. The molecule has 2 atom stereocenters. The van der Waals surface area contributed by atoms with Crippen LogP contribution in [0.1, 0.15) is 10.4 Å². The third kappa shape index (κ3) is 1.57. The minimum atomic E-state index is 0.320. The Balaban J connectivity index is 2.27. The summed E-state index contributed by atoms with van der Waals surface area (Å²) in [5.41, 5.74) is 1.23. The van der Waals surface area contributed by atoms with Gasteiger partial charge < -0.3 is 4.74 Å². The molecule has 2 aromatic rings. The highest BCUT2D eigenvalue weighted by molar-refractivity contribution is 9.12. The fraction of sp³-hybridized carbons (Fsp3) is 0.231. The molecule has 0 saturated heterocycles. The van der Waals surface area contributed by atoms with Crippen LogP contribution < -0.4 is 4.74 Å². The Kier molecular flexibility index (Phi) is 2.68. The normalized spacial score (nSPS) is 23.9. The van der Waals surface area contributed by atoms with Crippen molar-refractivity contribution < 1.29 is 4.74 Å². The standard InChI is InChI=1S/C13H10Br2O/c14-11-7-16-13-9-4-2-1-3-8(9)5-6-10(13)12(11)15/h1-6,11-12H,7H2. The van der Waals surface area contributed by atoms with Crippen molar-refractivity contribution in [2.75, 3.05) is 6.61 Å². The maximum absolute atomic E-state index is 5.84. The zero-order valence-corrected chi connectivity index (χ0v) is 11.7. The first-order valence-electron chi connectivity index (χ1n) is 5.20. The molecule has 0 amide bonds. The summed E-state index contributed by atoms with van der Waals surface area (Å²) in [6, 6.07) is 12.6. The van der Waals surface area contributed by atoms with Crippen molar-refractivity contribution in [1.29, 1.82) is 0 Å². The second kappa shape index (κ2) is 4.04. The molecule has 1 aliphatic rings. The summed E-state index contributed by atoms with van der Waals surface area (Å²) in [5.74, 6) is 1.02. The summed E-state index contributed by atoms with van der Waals surface area (Å²) in [6.45, 7) is 0.705. The number of alkyl halides is 2. The van der Waals surface area contributed by atoms with Gasteiger partial charge in [-0.1, -0.05) is 68.3 Å². The molecule has 1 aliphatic heterocycles. The fourth-order valence-corrected chi connectivity index (χ4v) is 3.01. The van der Waals surface area contributed by atoms with Crippen LogP contribution in [0.5, 0.6) is 5.75 Å². The Morgan fingerprint density at radius 1 is 1.06 bits per heavy atom. The molecule has 0 radical (unpaired) electrons. The van der Waals surface area contributed by atoms with Gasteiger partial charge in [-0.3, -0.25) is 0 Å². The van der Waals surface area contributed by atoms with E-state index in [2.05, 4.69) is 68.3 Å². The van der Waals surface area contributed by atoms with E-state index in [-0.39, 0.29) is 0 Å². The van der Waals surface area contributed by atoms with E-state index in [1.807, 2.05) is 0 Å². The predicted molar refractivity (Wildman–Crippen MR) is 73.8 cm³/mol. The smallest absolute Gasteiger partial charge is 0.131 e. The van der Waals surface area contributed by atoms with E-state index < -0.39 is 0 Å². The third-order valence-electron chi connectivity index (χ3n) is 2.91. The van der Waals surface area contributed by atoms with Gasteiger partial charge in [0.1, 0.15) is 12.4 Å². The highest BCUT2D eigenvalue weighted by atomic mass is 79.9. The molecule has 0 N–H and O–H groups in total. The van der Waals surface area contributed by atoms with E-state index in [1.54, 1.807) is 0 Å².